The van der Waals surface area contributed by atoms with Gasteiger partial charge in [-0.2, -0.15) is 5.10 Å². The zero-order chi connectivity index (χ0) is 13.1. The van der Waals surface area contributed by atoms with E-state index in [1.54, 1.807) is 23.0 Å². The van der Waals surface area contributed by atoms with Crippen LogP contribution in [0.5, 0.6) is 0 Å². The number of aryl methyl sites for hydroxylation is 2. The van der Waals surface area contributed by atoms with Crippen LogP contribution >= 0.6 is 0 Å². The van der Waals surface area contributed by atoms with Gasteiger partial charge in [-0.05, 0) is 24.6 Å². The lowest BCUT2D eigenvalue weighted by Gasteiger charge is -2.04. The van der Waals surface area contributed by atoms with Gasteiger partial charge in [-0.15, -0.1) is 0 Å². The molecule has 0 aliphatic carbocycles. The van der Waals surface area contributed by atoms with E-state index in [9.17, 15) is 4.21 Å². The lowest BCUT2D eigenvalue weighted by molar-refractivity contribution is 0.673. The van der Waals surface area contributed by atoms with E-state index >= 15 is 0 Å². The fourth-order valence-electron chi connectivity index (χ4n) is 1.68. The summed E-state index contributed by atoms with van der Waals surface area (Å²) in [5, 5.41) is 4.77. The maximum absolute atomic E-state index is 12.2. The predicted octanol–water partition coefficient (Wildman–Crippen LogP) is 1.27. The normalized spacial score (nSPS) is 12.6. The summed E-state index contributed by atoms with van der Waals surface area (Å²) in [6, 6.07) is 5.41. The Morgan fingerprint density at radius 1 is 1.50 bits per heavy atom. The largest absolute Gasteiger partial charge is 0.396 e. The van der Waals surface area contributed by atoms with E-state index in [0.29, 0.717) is 16.5 Å². The van der Waals surface area contributed by atoms with Crippen molar-refractivity contribution in [2.45, 2.75) is 24.1 Å². The van der Waals surface area contributed by atoms with E-state index in [2.05, 4.69) is 10.1 Å². The molecule has 0 aromatic carbocycles. The minimum Gasteiger partial charge on any atom is -0.396 e. The summed E-state index contributed by atoms with van der Waals surface area (Å²) in [6.07, 6.45) is 2.47. The van der Waals surface area contributed by atoms with Crippen molar-refractivity contribution < 1.29 is 4.21 Å². The van der Waals surface area contributed by atoms with Gasteiger partial charge in [0, 0.05) is 13.2 Å². The molecule has 18 heavy (non-hydrogen) atoms. The van der Waals surface area contributed by atoms with E-state index < -0.39 is 10.8 Å². The van der Waals surface area contributed by atoms with Crippen molar-refractivity contribution in [2.75, 3.05) is 5.73 Å². The maximum atomic E-state index is 12.2. The molecule has 0 radical (unpaired) electrons. The van der Waals surface area contributed by atoms with Crippen molar-refractivity contribution in [2.24, 2.45) is 7.05 Å². The molecule has 2 heterocycles. The molecule has 0 saturated heterocycles. The predicted molar refractivity (Wildman–Crippen MR) is 71.3 cm³/mol. The van der Waals surface area contributed by atoms with Crippen LogP contribution in [0.4, 0.5) is 5.69 Å². The van der Waals surface area contributed by atoms with Gasteiger partial charge in [0.25, 0.3) is 0 Å². The molecule has 1 unspecified atom stereocenters. The van der Waals surface area contributed by atoms with Crippen LogP contribution in [-0.4, -0.2) is 19.0 Å². The van der Waals surface area contributed by atoms with Crippen molar-refractivity contribution in [3.05, 3.63) is 35.8 Å². The summed E-state index contributed by atoms with van der Waals surface area (Å²) >= 11 is 0. The maximum Gasteiger partial charge on any atom is 0.150 e. The molecule has 0 aliphatic rings. The Morgan fingerprint density at radius 2 is 2.28 bits per heavy atom. The zero-order valence-electron chi connectivity index (χ0n) is 10.5. The summed E-state index contributed by atoms with van der Waals surface area (Å²) in [5.74, 6) is 0.380. The highest BCUT2D eigenvalue weighted by molar-refractivity contribution is 7.84. The Bertz CT molecular complexity index is 579. The summed E-state index contributed by atoms with van der Waals surface area (Å²) in [7, 11) is 0.613. The molecule has 0 saturated carbocycles. The standard InChI is InChI=1S/C12H16N4OS/c1-3-9-7-10(16(2)15-9)8-18(17)12-11(13)5-4-6-14-12/h4-7H,3,8,13H2,1-2H3. The highest BCUT2D eigenvalue weighted by Gasteiger charge is 2.13. The van der Waals surface area contributed by atoms with Crippen molar-refractivity contribution >= 4 is 16.5 Å². The van der Waals surface area contributed by atoms with Gasteiger partial charge >= 0.3 is 0 Å². The first-order chi connectivity index (χ1) is 8.61. The van der Waals surface area contributed by atoms with Crippen molar-refractivity contribution in [1.29, 1.82) is 0 Å². The first-order valence-corrected chi connectivity index (χ1v) is 7.04. The third-order valence-corrected chi connectivity index (χ3v) is 4.02. The smallest absolute Gasteiger partial charge is 0.150 e. The van der Waals surface area contributed by atoms with E-state index in [1.807, 2.05) is 20.0 Å². The second-order valence-corrected chi connectivity index (χ2v) is 5.36. The van der Waals surface area contributed by atoms with Crippen LogP contribution in [0, 0.1) is 0 Å². The first kappa shape index (κ1) is 12.8. The van der Waals surface area contributed by atoms with Gasteiger partial charge in [0.1, 0.15) is 5.03 Å². The topological polar surface area (TPSA) is 73.8 Å². The van der Waals surface area contributed by atoms with Crippen LogP contribution in [0.2, 0.25) is 0 Å². The highest BCUT2D eigenvalue weighted by atomic mass is 32.2. The Hall–Kier alpha value is -1.69. The number of aromatic nitrogens is 3. The number of anilines is 1. The van der Waals surface area contributed by atoms with Crippen LogP contribution in [0.1, 0.15) is 18.3 Å². The van der Waals surface area contributed by atoms with Gasteiger partial charge in [0.05, 0.1) is 33.6 Å². The molecular formula is C12H16N4OS. The molecule has 96 valence electrons. The lowest BCUT2D eigenvalue weighted by atomic mass is 10.3. The van der Waals surface area contributed by atoms with Crippen LogP contribution in [0.25, 0.3) is 0 Å². The third-order valence-electron chi connectivity index (χ3n) is 2.68. The van der Waals surface area contributed by atoms with Gasteiger partial charge in [-0.25, -0.2) is 4.98 Å². The Labute approximate surface area is 108 Å². The average molecular weight is 264 g/mol. The summed E-state index contributed by atoms with van der Waals surface area (Å²) in [4.78, 5) is 4.08. The molecular weight excluding hydrogens is 248 g/mol. The number of nitrogens with two attached hydrogens (primary N) is 1. The average Bonchev–Trinajstić information content (AvgIpc) is 2.70. The summed E-state index contributed by atoms with van der Waals surface area (Å²) < 4.78 is 14.0. The third kappa shape index (κ3) is 2.59. The number of nitrogens with zero attached hydrogens (tertiary/aromatic N) is 3. The monoisotopic (exact) mass is 264 g/mol. The van der Waals surface area contributed by atoms with E-state index in [0.717, 1.165) is 17.8 Å². The van der Waals surface area contributed by atoms with E-state index in [1.165, 1.54) is 0 Å². The number of hydrogen-bond donors (Lipinski definition) is 1. The van der Waals surface area contributed by atoms with Crippen LogP contribution in [-0.2, 0) is 30.0 Å². The van der Waals surface area contributed by atoms with Gasteiger partial charge in [-0.1, -0.05) is 6.92 Å². The quantitative estimate of drug-likeness (QED) is 0.902. The first-order valence-electron chi connectivity index (χ1n) is 5.72. The molecule has 0 spiro atoms. The molecule has 0 bridgehead atoms. The molecule has 2 N–H and O–H groups in total. The minimum atomic E-state index is -1.24. The lowest BCUT2D eigenvalue weighted by Crippen LogP contribution is -2.06. The van der Waals surface area contributed by atoms with Gasteiger partial charge in [0.2, 0.25) is 0 Å². The fourth-order valence-corrected chi connectivity index (χ4v) is 2.86. The molecule has 2 rings (SSSR count). The van der Waals surface area contributed by atoms with Crippen molar-refractivity contribution in [1.82, 2.24) is 14.8 Å². The second kappa shape index (κ2) is 5.30. The zero-order valence-corrected chi connectivity index (χ0v) is 11.3. The number of nitrogen functional groups attached to an aromatic ring is 1. The van der Waals surface area contributed by atoms with E-state index in [-0.39, 0.29) is 0 Å². The van der Waals surface area contributed by atoms with E-state index in [4.69, 9.17) is 5.73 Å². The molecule has 0 amide bonds. The molecule has 5 nitrogen and oxygen atoms in total. The SMILES string of the molecule is CCc1cc(CS(=O)c2ncccc2N)n(C)n1. The molecule has 6 heteroatoms. The van der Waals surface area contributed by atoms with Crippen molar-refractivity contribution in [3.8, 4) is 0 Å². The molecule has 0 aliphatic heterocycles. The number of pyridine rings is 1. The van der Waals surface area contributed by atoms with Gasteiger partial charge in [0.15, 0.2) is 0 Å². The summed E-state index contributed by atoms with van der Waals surface area (Å²) in [5.41, 5.74) is 8.16. The van der Waals surface area contributed by atoms with Gasteiger partial charge < -0.3 is 5.73 Å². The fraction of sp³-hybridized carbons (Fsp3) is 0.333. The Balaban J connectivity index is 2.21. The van der Waals surface area contributed by atoms with Crippen LogP contribution in [0.3, 0.4) is 0 Å². The number of hydrogen-bond acceptors (Lipinski definition) is 4. The van der Waals surface area contributed by atoms with Crippen LogP contribution in [0.15, 0.2) is 29.4 Å². The molecule has 2 aromatic rings. The Morgan fingerprint density at radius 3 is 2.89 bits per heavy atom. The highest BCUT2D eigenvalue weighted by Crippen LogP contribution is 2.16. The van der Waals surface area contributed by atoms with Crippen molar-refractivity contribution in [3.63, 3.8) is 0 Å². The Kier molecular flexibility index (Phi) is 3.76. The molecule has 1 atom stereocenters. The molecule has 2 aromatic heterocycles. The van der Waals surface area contributed by atoms with Gasteiger partial charge in [-0.3, -0.25) is 8.89 Å². The second-order valence-electron chi connectivity index (χ2n) is 3.99. The summed E-state index contributed by atoms with van der Waals surface area (Å²) in [6.45, 7) is 2.04. The van der Waals surface area contributed by atoms with Crippen LogP contribution < -0.4 is 5.73 Å². The number of rotatable bonds is 4. The molecule has 0 fully saturated rings. The minimum absolute atomic E-state index is 0.380.